The number of amides is 1. The number of likely N-dealkylation sites (N-methyl/N-ethyl adjacent to an activating group) is 1. The topological polar surface area (TPSA) is 55.3 Å². The summed E-state index contributed by atoms with van der Waals surface area (Å²) in [5.74, 6) is 1.09. The van der Waals surface area contributed by atoms with Crippen molar-refractivity contribution in [2.45, 2.75) is 46.1 Å². The van der Waals surface area contributed by atoms with Gasteiger partial charge in [-0.05, 0) is 30.6 Å². The van der Waals surface area contributed by atoms with Gasteiger partial charge in [-0.15, -0.1) is 0 Å². The number of carbonyl (C=O) groups is 1. The first-order valence-electron chi connectivity index (χ1n) is 8.24. The smallest absolute Gasteiger partial charge is 0.255 e. The summed E-state index contributed by atoms with van der Waals surface area (Å²) in [6, 6.07) is 0. The fourth-order valence-electron chi connectivity index (χ4n) is 3.17. The average molecular weight is 323 g/mol. The molecular weight excluding hydrogens is 297 g/mol. The lowest BCUT2D eigenvalue weighted by Gasteiger charge is -2.37. The number of rotatable bonds is 5. The molecule has 1 aliphatic carbocycles. The second kappa shape index (κ2) is 7.81. The maximum atomic E-state index is 12.8. The summed E-state index contributed by atoms with van der Waals surface area (Å²) >= 11 is 0. The SMILES string of the molecule is CC1CCC(C(C)C)C(OCC(=O)N(C)c2ncc(F)cn2)C1. The van der Waals surface area contributed by atoms with E-state index in [4.69, 9.17) is 4.74 Å². The molecule has 0 aromatic carbocycles. The van der Waals surface area contributed by atoms with Crippen LogP contribution >= 0.6 is 0 Å². The Morgan fingerprint density at radius 3 is 2.65 bits per heavy atom. The molecule has 128 valence electrons. The quantitative estimate of drug-likeness (QED) is 0.836. The predicted molar refractivity (Wildman–Crippen MR) is 86.5 cm³/mol. The van der Waals surface area contributed by atoms with Crippen LogP contribution in [0.1, 0.15) is 40.0 Å². The molecule has 3 atom stereocenters. The van der Waals surface area contributed by atoms with Gasteiger partial charge in [0.15, 0.2) is 5.82 Å². The van der Waals surface area contributed by atoms with Gasteiger partial charge < -0.3 is 4.74 Å². The molecule has 23 heavy (non-hydrogen) atoms. The van der Waals surface area contributed by atoms with Crippen molar-refractivity contribution in [2.75, 3.05) is 18.6 Å². The third-order valence-electron chi connectivity index (χ3n) is 4.66. The van der Waals surface area contributed by atoms with Gasteiger partial charge in [-0.25, -0.2) is 14.4 Å². The van der Waals surface area contributed by atoms with Crippen LogP contribution in [0.25, 0.3) is 0 Å². The van der Waals surface area contributed by atoms with Gasteiger partial charge >= 0.3 is 0 Å². The van der Waals surface area contributed by atoms with Crippen LogP contribution < -0.4 is 4.90 Å². The second-order valence-corrected chi connectivity index (χ2v) is 6.83. The number of ether oxygens (including phenoxy) is 1. The Bertz CT molecular complexity index is 521. The Morgan fingerprint density at radius 1 is 1.39 bits per heavy atom. The van der Waals surface area contributed by atoms with E-state index < -0.39 is 5.82 Å². The largest absolute Gasteiger partial charge is 0.368 e. The van der Waals surface area contributed by atoms with Crippen molar-refractivity contribution in [1.82, 2.24) is 9.97 Å². The number of carbonyl (C=O) groups excluding carboxylic acids is 1. The maximum absolute atomic E-state index is 12.8. The Labute approximate surface area is 137 Å². The lowest BCUT2D eigenvalue weighted by atomic mass is 9.75. The van der Waals surface area contributed by atoms with Crippen LogP contribution in [0.4, 0.5) is 10.3 Å². The van der Waals surface area contributed by atoms with E-state index in [1.54, 1.807) is 7.05 Å². The van der Waals surface area contributed by atoms with Crippen LogP contribution in [0, 0.1) is 23.6 Å². The van der Waals surface area contributed by atoms with Gasteiger partial charge in [-0.3, -0.25) is 9.69 Å². The Hall–Kier alpha value is -1.56. The molecule has 0 aliphatic heterocycles. The molecule has 0 N–H and O–H groups in total. The van der Waals surface area contributed by atoms with Crippen LogP contribution in [-0.2, 0) is 9.53 Å². The highest BCUT2D eigenvalue weighted by Crippen LogP contribution is 2.35. The molecule has 0 spiro atoms. The van der Waals surface area contributed by atoms with Gasteiger partial charge in [0.1, 0.15) is 6.61 Å². The molecular formula is C17H26FN3O2. The molecule has 0 saturated heterocycles. The molecule has 1 amide bonds. The number of nitrogens with zero attached hydrogens (tertiary/aromatic N) is 3. The third kappa shape index (κ3) is 4.70. The number of halogens is 1. The summed E-state index contributed by atoms with van der Waals surface area (Å²) in [7, 11) is 1.57. The zero-order chi connectivity index (χ0) is 17.0. The highest BCUT2D eigenvalue weighted by molar-refractivity contribution is 5.91. The minimum absolute atomic E-state index is 0.00214. The normalized spacial score (nSPS) is 24.7. The number of hydrogen-bond donors (Lipinski definition) is 0. The molecule has 1 aromatic rings. The van der Waals surface area contributed by atoms with E-state index in [9.17, 15) is 9.18 Å². The number of hydrogen-bond acceptors (Lipinski definition) is 4. The molecule has 0 bridgehead atoms. The van der Waals surface area contributed by atoms with Gasteiger partial charge in [0.25, 0.3) is 5.91 Å². The van der Waals surface area contributed by atoms with Gasteiger partial charge in [-0.2, -0.15) is 0 Å². The van der Waals surface area contributed by atoms with E-state index in [-0.39, 0.29) is 24.6 Å². The van der Waals surface area contributed by atoms with Crippen LogP contribution in [-0.4, -0.2) is 35.6 Å². The van der Waals surface area contributed by atoms with Crippen molar-refractivity contribution in [3.05, 3.63) is 18.2 Å². The summed E-state index contributed by atoms with van der Waals surface area (Å²) in [5, 5.41) is 0. The lowest BCUT2D eigenvalue weighted by molar-refractivity contribution is -0.128. The van der Waals surface area contributed by atoms with Crippen molar-refractivity contribution in [3.63, 3.8) is 0 Å². The van der Waals surface area contributed by atoms with Gasteiger partial charge in [0, 0.05) is 7.05 Å². The minimum atomic E-state index is -0.526. The Balaban J connectivity index is 1.92. The van der Waals surface area contributed by atoms with Crippen molar-refractivity contribution in [3.8, 4) is 0 Å². The maximum Gasteiger partial charge on any atom is 0.255 e. The van der Waals surface area contributed by atoms with E-state index in [2.05, 4.69) is 30.7 Å². The standard InChI is InChI=1S/C17H26FN3O2/c1-11(2)14-6-5-12(3)7-15(14)23-10-16(22)21(4)17-19-8-13(18)9-20-17/h8-9,11-12,14-15H,5-7,10H2,1-4H3. The molecule has 1 aliphatic rings. The zero-order valence-corrected chi connectivity index (χ0v) is 14.3. The Kier molecular flexibility index (Phi) is 6.04. The van der Waals surface area contributed by atoms with E-state index in [0.29, 0.717) is 17.8 Å². The predicted octanol–water partition coefficient (Wildman–Crippen LogP) is 3.06. The summed E-state index contributed by atoms with van der Waals surface area (Å²) in [6.45, 7) is 6.64. The summed E-state index contributed by atoms with van der Waals surface area (Å²) < 4.78 is 18.8. The fraction of sp³-hybridized carbons (Fsp3) is 0.706. The van der Waals surface area contributed by atoms with Crippen molar-refractivity contribution >= 4 is 11.9 Å². The van der Waals surface area contributed by atoms with E-state index in [1.165, 1.54) is 11.3 Å². The molecule has 3 unspecified atom stereocenters. The molecule has 1 saturated carbocycles. The zero-order valence-electron chi connectivity index (χ0n) is 14.3. The molecule has 0 radical (unpaired) electrons. The molecule has 2 rings (SSSR count). The van der Waals surface area contributed by atoms with Crippen molar-refractivity contribution in [1.29, 1.82) is 0 Å². The van der Waals surface area contributed by atoms with E-state index in [1.807, 2.05) is 0 Å². The molecule has 1 aromatic heterocycles. The number of aromatic nitrogens is 2. The second-order valence-electron chi connectivity index (χ2n) is 6.83. The highest BCUT2D eigenvalue weighted by atomic mass is 19.1. The van der Waals surface area contributed by atoms with Gasteiger partial charge in [0.05, 0.1) is 18.5 Å². The van der Waals surface area contributed by atoms with Crippen LogP contribution in [0.15, 0.2) is 12.4 Å². The van der Waals surface area contributed by atoms with Gasteiger partial charge in [-0.1, -0.05) is 27.2 Å². The van der Waals surface area contributed by atoms with Crippen LogP contribution in [0.3, 0.4) is 0 Å². The summed E-state index contributed by atoms with van der Waals surface area (Å²) in [5.41, 5.74) is 0. The third-order valence-corrected chi connectivity index (χ3v) is 4.66. The lowest BCUT2D eigenvalue weighted by Crippen LogP contribution is -2.38. The van der Waals surface area contributed by atoms with E-state index >= 15 is 0 Å². The first-order valence-corrected chi connectivity index (χ1v) is 8.24. The minimum Gasteiger partial charge on any atom is -0.368 e. The van der Waals surface area contributed by atoms with Crippen molar-refractivity contribution < 1.29 is 13.9 Å². The monoisotopic (exact) mass is 323 g/mol. The van der Waals surface area contributed by atoms with Gasteiger partial charge in [0.2, 0.25) is 5.95 Å². The average Bonchev–Trinajstić information content (AvgIpc) is 2.52. The first kappa shape index (κ1) is 17.8. The number of anilines is 1. The molecule has 5 nitrogen and oxygen atoms in total. The summed E-state index contributed by atoms with van der Waals surface area (Å²) in [4.78, 5) is 21.2. The molecule has 1 heterocycles. The molecule has 1 fully saturated rings. The van der Waals surface area contributed by atoms with Crippen molar-refractivity contribution in [2.24, 2.45) is 17.8 Å². The first-order chi connectivity index (χ1) is 10.9. The highest BCUT2D eigenvalue weighted by Gasteiger charge is 2.32. The molecule has 6 heteroatoms. The fourth-order valence-corrected chi connectivity index (χ4v) is 3.17. The summed E-state index contributed by atoms with van der Waals surface area (Å²) in [6.07, 6.45) is 5.57. The van der Waals surface area contributed by atoms with Crippen LogP contribution in [0.2, 0.25) is 0 Å². The Morgan fingerprint density at radius 2 is 2.04 bits per heavy atom. The van der Waals surface area contributed by atoms with E-state index in [0.717, 1.165) is 25.2 Å². The van der Waals surface area contributed by atoms with Crippen LogP contribution in [0.5, 0.6) is 0 Å².